The molecule has 0 saturated heterocycles. The van der Waals surface area contributed by atoms with E-state index in [1.54, 1.807) is 0 Å². The number of rotatable bonds is 6. The third-order valence-corrected chi connectivity index (χ3v) is 2.46. The molecule has 104 valence electrons. The Morgan fingerprint density at radius 1 is 1.53 bits per heavy atom. The number of nitrogens with one attached hydrogen (secondary N) is 1. The van der Waals surface area contributed by atoms with Crippen molar-refractivity contribution in [2.75, 3.05) is 7.11 Å². The van der Waals surface area contributed by atoms with Crippen molar-refractivity contribution in [2.45, 2.75) is 25.8 Å². The molecule has 1 amide bonds. The highest BCUT2D eigenvalue weighted by Crippen LogP contribution is 2.07. The number of ether oxygens (including phenoxy) is 1. The molecule has 0 aliphatic carbocycles. The molecule has 0 aliphatic rings. The number of nitrogens with zero attached hydrogens (tertiary/aromatic N) is 1. The first kappa shape index (κ1) is 14.7. The fourth-order valence-electron chi connectivity index (χ4n) is 1.37. The van der Waals surface area contributed by atoms with Gasteiger partial charge in [0.15, 0.2) is 0 Å². The quantitative estimate of drug-likeness (QED) is 0.704. The zero-order valence-corrected chi connectivity index (χ0v) is 10.5. The van der Waals surface area contributed by atoms with E-state index < -0.39 is 23.9 Å². The minimum absolute atomic E-state index is 0.0575. The van der Waals surface area contributed by atoms with Crippen molar-refractivity contribution >= 4 is 17.8 Å². The van der Waals surface area contributed by atoms with Crippen LogP contribution in [0.3, 0.4) is 0 Å². The Morgan fingerprint density at radius 3 is 2.68 bits per heavy atom. The molecule has 0 radical (unpaired) electrons. The number of aromatic nitrogens is 1. The fourth-order valence-corrected chi connectivity index (χ4v) is 1.37. The molecule has 1 aromatic heterocycles. The van der Waals surface area contributed by atoms with Crippen molar-refractivity contribution < 1.29 is 28.8 Å². The maximum atomic E-state index is 11.8. The molecule has 1 aromatic rings. The molecule has 0 bridgehead atoms. The van der Waals surface area contributed by atoms with Gasteiger partial charge in [-0.1, -0.05) is 5.16 Å². The van der Waals surface area contributed by atoms with Crippen molar-refractivity contribution in [3.05, 3.63) is 17.5 Å². The minimum atomic E-state index is -1.23. The first-order valence-electron chi connectivity index (χ1n) is 5.47. The van der Waals surface area contributed by atoms with Crippen molar-refractivity contribution in [1.82, 2.24) is 10.5 Å². The number of amides is 1. The number of aliphatic carboxylic acids is 1. The second-order valence-corrected chi connectivity index (χ2v) is 3.77. The fraction of sp³-hybridized carbons (Fsp3) is 0.455. The Balaban J connectivity index is 2.64. The number of hydrogen-bond acceptors (Lipinski definition) is 6. The lowest BCUT2D eigenvalue weighted by Crippen LogP contribution is -2.41. The van der Waals surface area contributed by atoms with Gasteiger partial charge in [-0.2, -0.15) is 0 Å². The summed E-state index contributed by atoms with van der Waals surface area (Å²) >= 11 is 0. The normalized spacial score (nSPS) is 11.7. The summed E-state index contributed by atoms with van der Waals surface area (Å²) < 4.78 is 9.12. The third-order valence-electron chi connectivity index (χ3n) is 2.46. The molecule has 0 fully saturated rings. The summed E-state index contributed by atoms with van der Waals surface area (Å²) in [7, 11) is 1.21. The predicted octanol–water partition coefficient (Wildman–Crippen LogP) is 0.119. The summed E-state index contributed by atoms with van der Waals surface area (Å²) in [5.74, 6) is -2.10. The Kier molecular flexibility index (Phi) is 5.04. The van der Waals surface area contributed by atoms with E-state index in [1.165, 1.54) is 20.2 Å². The van der Waals surface area contributed by atoms with Crippen LogP contribution in [0.5, 0.6) is 0 Å². The molecule has 1 heterocycles. The van der Waals surface area contributed by atoms with Crippen LogP contribution >= 0.6 is 0 Å². The average molecular weight is 270 g/mol. The Labute approximate surface area is 108 Å². The predicted molar refractivity (Wildman–Crippen MR) is 61.4 cm³/mol. The lowest BCUT2D eigenvalue weighted by atomic mass is 10.1. The van der Waals surface area contributed by atoms with Gasteiger partial charge < -0.3 is 19.7 Å². The maximum absolute atomic E-state index is 11.8. The summed E-state index contributed by atoms with van der Waals surface area (Å²) in [4.78, 5) is 33.7. The van der Waals surface area contributed by atoms with E-state index >= 15 is 0 Å². The van der Waals surface area contributed by atoms with Gasteiger partial charge in [0.2, 0.25) is 0 Å². The second kappa shape index (κ2) is 6.53. The maximum Gasteiger partial charge on any atom is 0.326 e. The monoisotopic (exact) mass is 270 g/mol. The van der Waals surface area contributed by atoms with Crippen molar-refractivity contribution in [3.63, 3.8) is 0 Å². The molecular weight excluding hydrogens is 256 g/mol. The zero-order valence-electron chi connectivity index (χ0n) is 10.5. The second-order valence-electron chi connectivity index (χ2n) is 3.77. The van der Waals surface area contributed by atoms with Gasteiger partial charge in [0.1, 0.15) is 17.4 Å². The van der Waals surface area contributed by atoms with E-state index in [-0.39, 0.29) is 24.2 Å². The summed E-state index contributed by atoms with van der Waals surface area (Å²) in [6, 6.07) is -1.18. The van der Waals surface area contributed by atoms with E-state index in [0.29, 0.717) is 0 Å². The van der Waals surface area contributed by atoms with Crippen LogP contribution in [0.1, 0.15) is 29.0 Å². The number of carboxylic acid groups (broad SMARTS) is 1. The van der Waals surface area contributed by atoms with E-state index in [2.05, 4.69) is 15.2 Å². The molecule has 2 N–H and O–H groups in total. The van der Waals surface area contributed by atoms with Gasteiger partial charge in [0, 0.05) is 6.42 Å². The van der Waals surface area contributed by atoms with Crippen LogP contribution in [0.15, 0.2) is 10.7 Å². The molecule has 0 saturated carbocycles. The van der Waals surface area contributed by atoms with Gasteiger partial charge in [0.25, 0.3) is 5.91 Å². The number of esters is 1. The topological polar surface area (TPSA) is 119 Å². The summed E-state index contributed by atoms with van der Waals surface area (Å²) in [5, 5.41) is 14.7. The lowest BCUT2D eigenvalue weighted by Gasteiger charge is -2.13. The minimum Gasteiger partial charge on any atom is -0.480 e. The molecular formula is C11H14N2O6. The van der Waals surface area contributed by atoms with Crippen LogP contribution < -0.4 is 5.32 Å². The standard InChI is InChI=1S/C11H14N2O6/c1-6-7(5-12-19-6)10(15)13-8(11(16)17)3-4-9(14)18-2/h5,8H,3-4H2,1-2H3,(H,13,15)(H,16,17)/t8-/m0/s1. The lowest BCUT2D eigenvalue weighted by molar-refractivity contribution is -0.142. The van der Waals surface area contributed by atoms with Crippen LogP contribution in [-0.2, 0) is 14.3 Å². The molecule has 0 unspecified atom stereocenters. The number of methoxy groups -OCH3 is 1. The van der Waals surface area contributed by atoms with Crippen LogP contribution in [-0.4, -0.2) is 41.3 Å². The summed E-state index contributed by atoms with van der Waals surface area (Å²) in [6.45, 7) is 1.53. The van der Waals surface area contributed by atoms with E-state index in [4.69, 9.17) is 9.63 Å². The SMILES string of the molecule is COC(=O)CC[C@H](NC(=O)c1cnoc1C)C(=O)O. The molecule has 1 rings (SSSR count). The Hall–Kier alpha value is -2.38. The van der Waals surface area contributed by atoms with Gasteiger partial charge in [-0.3, -0.25) is 9.59 Å². The molecule has 0 aromatic carbocycles. The third kappa shape index (κ3) is 4.09. The number of carbonyl (C=O) groups excluding carboxylic acids is 2. The molecule has 8 nitrogen and oxygen atoms in total. The summed E-state index contributed by atoms with van der Waals surface area (Å²) in [5.41, 5.74) is 0.157. The Bertz CT molecular complexity index is 481. The smallest absolute Gasteiger partial charge is 0.326 e. The average Bonchev–Trinajstić information content (AvgIpc) is 2.79. The van der Waals surface area contributed by atoms with Gasteiger partial charge in [-0.15, -0.1) is 0 Å². The number of carboxylic acids is 1. The van der Waals surface area contributed by atoms with Crippen molar-refractivity contribution in [3.8, 4) is 0 Å². The van der Waals surface area contributed by atoms with E-state index in [0.717, 1.165) is 0 Å². The number of carbonyl (C=O) groups is 3. The van der Waals surface area contributed by atoms with Crippen LogP contribution in [0, 0.1) is 6.92 Å². The highest BCUT2D eigenvalue weighted by Gasteiger charge is 2.23. The first-order chi connectivity index (χ1) is 8.95. The summed E-state index contributed by atoms with van der Waals surface area (Å²) in [6.07, 6.45) is 1.04. The van der Waals surface area contributed by atoms with Gasteiger partial charge in [-0.05, 0) is 13.3 Å². The highest BCUT2D eigenvalue weighted by atomic mass is 16.5. The molecule has 1 atom stereocenters. The van der Waals surface area contributed by atoms with Gasteiger partial charge in [0.05, 0.1) is 13.3 Å². The molecule has 8 heteroatoms. The van der Waals surface area contributed by atoms with Crippen LogP contribution in [0.25, 0.3) is 0 Å². The molecule has 0 aliphatic heterocycles. The zero-order chi connectivity index (χ0) is 14.4. The Morgan fingerprint density at radius 2 is 2.21 bits per heavy atom. The highest BCUT2D eigenvalue weighted by molar-refractivity contribution is 5.97. The van der Waals surface area contributed by atoms with Gasteiger partial charge >= 0.3 is 11.9 Å². The molecule has 0 spiro atoms. The van der Waals surface area contributed by atoms with Crippen LogP contribution in [0.2, 0.25) is 0 Å². The van der Waals surface area contributed by atoms with E-state index in [1.807, 2.05) is 0 Å². The first-order valence-corrected chi connectivity index (χ1v) is 5.47. The van der Waals surface area contributed by atoms with Crippen molar-refractivity contribution in [2.24, 2.45) is 0 Å². The molecule has 19 heavy (non-hydrogen) atoms. The van der Waals surface area contributed by atoms with Crippen molar-refractivity contribution in [1.29, 1.82) is 0 Å². The largest absolute Gasteiger partial charge is 0.480 e. The number of aryl methyl sites for hydroxylation is 1. The van der Waals surface area contributed by atoms with Gasteiger partial charge in [-0.25, -0.2) is 4.79 Å². The number of hydrogen-bond donors (Lipinski definition) is 2. The van der Waals surface area contributed by atoms with Crippen LogP contribution in [0.4, 0.5) is 0 Å². The van der Waals surface area contributed by atoms with E-state index in [9.17, 15) is 14.4 Å².